The van der Waals surface area contributed by atoms with E-state index in [2.05, 4.69) is 37.2 Å². The molecule has 0 amide bonds. The van der Waals surface area contributed by atoms with E-state index in [-0.39, 0.29) is 11.4 Å². The molecule has 0 aromatic carbocycles. The number of carboxylic acid groups (broad SMARTS) is 2. The van der Waals surface area contributed by atoms with E-state index in [0.717, 1.165) is 19.6 Å². The van der Waals surface area contributed by atoms with Crippen LogP contribution < -0.4 is 5.32 Å². The van der Waals surface area contributed by atoms with Crippen LogP contribution in [-0.4, -0.2) is 73.7 Å². The number of carboxylic acids is 2. The van der Waals surface area contributed by atoms with Gasteiger partial charge in [0.1, 0.15) is 18.5 Å². The Kier molecular flexibility index (Phi) is 7.56. The molecule has 3 rings (SSSR count). The highest BCUT2D eigenvalue weighted by atomic mass is 16.4. The molecule has 10 nitrogen and oxygen atoms in total. The van der Waals surface area contributed by atoms with Crippen LogP contribution in [0.3, 0.4) is 0 Å². The first kappa shape index (κ1) is 20.2. The van der Waals surface area contributed by atoms with Crippen molar-refractivity contribution >= 4 is 17.8 Å². The lowest BCUT2D eigenvalue weighted by molar-refractivity contribution is 0.0679. The lowest BCUT2D eigenvalue weighted by Gasteiger charge is -2.29. The molecule has 144 valence electrons. The lowest BCUT2D eigenvalue weighted by Crippen LogP contribution is -2.33. The predicted molar refractivity (Wildman–Crippen MR) is 96.7 cm³/mol. The van der Waals surface area contributed by atoms with Gasteiger partial charge in [-0.1, -0.05) is 0 Å². The molecule has 0 unspecified atom stereocenters. The Morgan fingerprint density at radius 2 is 1.78 bits per heavy atom. The van der Waals surface area contributed by atoms with Gasteiger partial charge in [0.15, 0.2) is 11.4 Å². The van der Waals surface area contributed by atoms with Gasteiger partial charge in [0.25, 0.3) is 0 Å². The van der Waals surface area contributed by atoms with E-state index >= 15 is 0 Å². The van der Waals surface area contributed by atoms with Gasteiger partial charge in [-0.3, -0.25) is 0 Å². The summed E-state index contributed by atoms with van der Waals surface area (Å²) >= 11 is 0. The summed E-state index contributed by atoms with van der Waals surface area (Å²) in [6.07, 6.45) is 6.20. The van der Waals surface area contributed by atoms with Crippen molar-refractivity contribution in [1.82, 2.24) is 24.8 Å². The first-order chi connectivity index (χ1) is 13.0. The Morgan fingerprint density at radius 3 is 2.33 bits per heavy atom. The van der Waals surface area contributed by atoms with Crippen LogP contribution in [0.15, 0.2) is 31.0 Å². The van der Waals surface area contributed by atoms with E-state index in [1.54, 1.807) is 0 Å². The number of carbonyl (C=O) groups is 2. The number of aromatic carboxylic acids is 2. The fourth-order valence-electron chi connectivity index (χ4n) is 2.50. The number of nitrogens with zero attached hydrogens (tertiary/aromatic N) is 5. The van der Waals surface area contributed by atoms with Crippen LogP contribution >= 0.6 is 0 Å². The highest BCUT2D eigenvalue weighted by Crippen LogP contribution is 2.16. The predicted octanol–water partition coefficient (Wildman–Crippen LogP) is 1.10. The van der Waals surface area contributed by atoms with Crippen molar-refractivity contribution in [2.24, 2.45) is 5.92 Å². The van der Waals surface area contributed by atoms with Crippen molar-refractivity contribution in [3.63, 3.8) is 0 Å². The average Bonchev–Trinajstić information content (AvgIpc) is 2.69. The Balaban J connectivity index is 0.000000244. The third-order valence-electron chi connectivity index (χ3n) is 4.10. The van der Waals surface area contributed by atoms with Gasteiger partial charge in [-0.05, 0) is 45.0 Å². The standard InChI is InChI=1S/C12H18N4O2.C5H4N2O2/c1-16-4-2-9(3-5-16)7-13-11-6-10(12(17)18)14-8-15-11;8-5(9)4-1-2-6-3-7-4/h6,8-9H,2-5,7H2,1H3,(H,17,18)(H,13,14,15);1-3H,(H,8,9). The Labute approximate surface area is 156 Å². The van der Waals surface area contributed by atoms with Gasteiger partial charge in [-0.25, -0.2) is 29.5 Å². The Bertz CT molecular complexity index is 750. The molecule has 2 aromatic heterocycles. The molecule has 0 radical (unpaired) electrons. The number of rotatable bonds is 5. The molecule has 1 saturated heterocycles. The van der Waals surface area contributed by atoms with Gasteiger partial charge in [-0.2, -0.15) is 0 Å². The minimum absolute atomic E-state index is 0.0185. The topological polar surface area (TPSA) is 141 Å². The maximum atomic E-state index is 10.8. The number of aromatic nitrogens is 4. The van der Waals surface area contributed by atoms with Crippen molar-refractivity contribution in [2.75, 3.05) is 32.0 Å². The molecule has 10 heteroatoms. The molecule has 0 spiro atoms. The monoisotopic (exact) mass is 374 g/mol. The van der Waals surface area contributed by atoms with E-state index in [1.807, 2.05) is 0 Å². The summed E-state index contributed by atoms with van der Waals surface area (Å²) in [7, 11) is 2.13. The number of hydrogen-bond acceptors (Lipinski definition) is 8. The number of piperidine rings is 1. The van der Waals surface area contributed by atoms with Crippen molar-refractivity contribution in [3.8, 4) is 0 Å². The van der Waals surface area contributed by atoms with Gasteiger partial charge < -0.3 is 20.4 Å². The number of nitrogens with one attached hydrogen (secondary N) is 1. The molecule has 1 fully saturated rings. The molecule has 0 atom stereocenters. The molecule has 0 bridgehead atoms. The van der Waals surface area contributed by atoms with Crippen LogP contribution in [0.1, 0.15) is 33.8 Å². The Hall–Kier alpha value is -3.14. The van der Waals surface area contributed by atoms with Crippen LogP contribution in [0.4, 0.5) is 5.82 Å². The zero-order chi connectivity index (χ0) is 19.6. The minimum atomic E-state index is -1.03. The molecule has 3 heterocycles. The Morgan fingerprint density at radius 1 is 1.11 bits per heavy atom. The summed E-state index contributed by atoms with van der Waals surface area (Å²) in [6, 6.07) is 2.81. The minimum Gasteiger partial charge on any atom is -0.477 e. The third kappa shape index (κ3) is 6.94. The number of likely N-dealkylation sites (tertiary alicyclic amines) is 1. The largest absolute Gasteiger partial charge is 0.477 e. The molecule has 0 aliphatic carbocycles. The van der Waals surface area contributed by atoms with Crippen molar-refractivity contribution in [2.45, 2.75) is 12.8 Å². The lowest BCUT2D eigenvalue weighted by atomic mass is 9.97. The molecule has 1 aliphatic rings. The molecular weight excluding hydrogens is 352 g/mol. The van der Waals surface area contributed by atoms with Gasteiger partial charge in [0.2, 0.25) is 0 Å². The second-order valence-electron chi connectivity index (χ2n) is 6.12. The third-order valence-corrected chi connectivity index (χ3v) is 4.10. The summed E-state index contributed by atoms with van der Waals surface area (Å²) in [5.74, 6) is -0.845. The molecule has 0 saturated carbocycles. The summed E-state index contributed by atoms with van der Waals surface area (Å²) in [4.78, 5) is 37.9. The zero-order valence-corrected chi connectivity index (χ0v) is 14.9. The van der Waals surface area contributed by atoms with Crippen LogP contribution in [0, 0.1) is 5.92 Å². The van der Waals surface area contributed by atoms with Crippen molar-refractivity contribution in [3.05, 3.63) is 42.4 Å². The quantitative estimate of drug-likeness (QED) is 0.696. The molecule has 1 aliphatic heterocycles. The van der Waals surface area contributed by atoms with Crippen LogP contribution in [-0.2, 0) is 0 Å². The zero-order valence-electron chi connectivity index (χ0n) is 14.9. The fourth-order valence-corrected chi connectivity index (χ4v) is 2.50. The van der Waals surface area contributed by atoms with Gasteiger partial charge in [0.05, 0.1) is 0 Å². The van der Waals surface area contributed by atoms with E-state index in [1.165, 1.54) is 43.8 Å². The van der Waals surface area contributed by atoms with Gasteiger partial charge >= 0.3 is 11.9 Å². The first-order valence-electron chi connectivity index (χ1n) is 8.42. The SMILES string of the molecule is CN1CCC(CNc2cc(C(=O)O)ncn2)CC1.O=C(O)c1ccncn1. The van der Waals surface area contributed by atoms with Crippen LogP contribution in [0.25, 0.3) is 0 Å². The van der Waals surface area contributed by atoms with Gasteiger partial charge in [0, 0.05) is 18.8 Å². The fraction of sp³-hybridized carbons (Fsp3) is 0.412. The summed E-state index contributed by atoms with van der Waals surface area (Å²) in [5, 5.41) is 20.3. The van der Waals surface area contributed by atoms with Crippen LogP contribution in [0.2, 0.25) is 0 Å². The smallest absolute Gasteiger partial charge is 0.354 e. The first-order valence-corrected chi connectivity index (χ1v) is 8.42. The van der Waals surface area contributed by atoms with Crippen LogP contribution in [0.5, 0.6) is 0 Å². The van der Waals surface area contributed by atoms with E-state index in [9.17, 15) is 9.59 Å². The van der Waals surface area contributed by atoms with E-state index in [4.69, 9.17) is 10.2 Å². The molecule has 2 aromatic rings. The van der Waals surface area contributed by atoms with E-state index in [0.29, 0.717) is 11.7 Å². The molecule has 3 N–H and O–H groups in total. The normalized spacial score (nSPS) is 14.7. The number of hydrogen-bond donors (Lipinski definition) is 3. The summed E-state index contributed by atoms with van der Waals surface area (Å²) in [6.45, 7) is 3.08. The van der Waals surface area contributed by atoms with Gasteiger partial charge in [-0.15, -0.1) is 0 Å². The van der Waals surface area contributed by atoms with Crippen molar-refractivity contribution < 1.29 is 19.8 Å². The maximum Gasteiger partial charge on any atom is 0.354 e. The number of anilines is 1. The summed E-state index contributed by atoms with van der Waals surface area (Å²) in [5.41, 5.74) is 0.0425. The highest BCUT2D eigenvalue weighted by Gasteiger charge is 2.16. The maximum absolute atomic E-state index is 10.8. The highest BCUT2D eigenvalue weighted by molar-refractivity contribution is 5.86. The van der Waals surface area contributed by atoms with Crippen molar-refractivity contribution in [1.29, 1.82) is 0 Å². The average molecular weight is 374 g/mol. The summed E-state index contributed by atoms with van der Waals surface area (Å²) < 4.78 is 0. The second-order valence-corrected chi connectivity index (χ2v) is 6.12. The molecule has 27 heavy (non-hydrogen) atoms. The second kappa shape index (κ2) is 10.1. The molecular formula is C17H22N6O4. The van der Waals surface area contributed by atoms with E-state index < -0.39 is 11.9 Å².